The minimum atomic E-state index is -1.22. The molecule has 0 aliphatic heterocycles. The molecule has 0 saturated carbocycles. The van der Waals surface area contributed by atoms with Crippen molar-refractivity contribution >= 4 is 39.1 Å². The Balaban J connectivity index is 1.42. The van der Waals surface area contributed by atoms with Crippen LogP contribution in [0.5, 0.6) is 5.75 Å². The molecule has 3 heterocycles. The molecule has 0 unspecified atom stereocenters. The minimum absolute atomic E-state index is 0.0253. The van der Waals surface area contributed by atoms with Gasteiger partial charge in [0.1, 0.15) is 18.7 Å². The van der Waals surface area contributed by atoms with Crippen LogP contribution >= 0.6 is 11.3 Å². The molecular formula is C28H24N4O5S. The number of rotatable bonds is 9. The molecule has 1 amide bonds. The number of aromatic carboxylic acids is 1. The van der Waals surface area contributed by atoms with Crippen LogP contribution in [0.2, 0.25) is 0 Å². The Bertz CT molecular complexity index is 1660. The number of hydrogen-bond donors (Lipinski definition) is 1. The molecule has 5 aromatic rings. The molecule has 2 aromatic carbocycles. The summed E-state index contributed by atoms with van der Waals surface area (Å²) in [5, 5.41) is 16.0. The highest BCUT2D eigenvalue weighted by Gasteiger charge is 2.24. The predicted molar refractivity (Wildman–Crippen MR) is 145 cm³/mol. The maximum absolute atomic E-state index is 13.6. The van der Waals surface area contributed by atoms with E-state index in [4.69, 9.17) is 4.74 Å². The molecule has 0 bridgehead atoms. The topological polar surface area (TPSA) is 107 Å². The SMILES string of the molecule is CN(C(=O)Cn1cc(Cn2c(=O)c(OCc3ccccc3)c(C(=O)O)c3sccc32)cn1)c1ccccc1. The van der Waals surface area contributed by atoms with Gasteiger partial charge in [0.25, 0.3) is 5.56 Å². The number of carboxylic acid groups (broad SMARTS) is 1. The summed E-state index contributed by atoms with van der Waals surface area (Å²) in [6.07, 6.45) is 3.30. The van der Waals surface area contributed by atoms with Crippen molar-refractivity contribution in [3.8, 4) is 5.75 Å². The fraction of sp³-hybridized carbons (Fsp3) is 0.143. The van der Waals surface area contributed by atoms with Gasteiger partial charge in [-0.2, -0.15) is 5.10 Å². The van der Waals surface area contributed by atoms with E-state index in [1.54, 1.807) is 35.8 Å². The number of likely N-dealkylation sites (N-methyl/N-ethyl adjacent to an activating group) is 1. The van der Waals surface area contributed by atoms with E-state index in [0.29, 0.717) is 15.8 Å². The Hall–Kier alpha value is -4.70. The van der Waals surface area contributed by atoms with Crippen molar-refractivity contribution in [2.75, 3.05) is 11.9 Å². The van der Waals surface area contributed by atoms with Crippen LogP contribution in [0.25, 0.3) is 10.2 Å². The average Bonchev–Trinajstić information content (AvgIpc) is 3.59. The molecule has 0 spiro atoms. The predicted octanol–water partition coefficient (Wildman–Crippen LogP) is 4.25. The third kappa shape index (κ3) is 5.07. The number of carbonyl (C=O) groups is 2. The van der Waals surface area contributed by atoms with E-state index < -0.39 is 11.5 Å². The van der Waals surface area contributed by atoms with E-state index in [0.717, 1.165) is 11.3 Å². The van der Waals surface area contributed by atoms with Crippen LogP contribution in [0.3, 0.4) is 0 Å². The number of aromatic nitrogens is 3. The number of ether oxygens (including phenoxy) is 1. The van der Waals surface area contributed by atoms with Gasteiger partial charge < -0.3 is 14.7 Å². The minimum Gasteiger partial charge on any atom is -0.482 e. The van der Waals surface area contributed by atoms with Gasteiger partial charge in [0.2, 0.25) is 11.7 Å². The molecule has 0 saturated heterocycles. The first kappa shape index (κ1) is 25.0. The number of carboxylic acids is 1. The number of para-hydroxylation sites is 1. The summed E-state index contributed by atoms with van der Waals surface area (Å²) in [6.45, 7) is 0.218. The van der Waals surface area contributed by atoms with Crippen LogP contribution in [0, 0.1) is 0 Å². The number of amides is 1. The second-order valence-electron chi connectivity index (χ2n) is 8.64. The highest BCUT2D eigenvalue weighted by atomic mass is 32.1. The van der Waals surface area contributed by atoms with Gasteiger partial charge in [0.05, 0.1) is 23.0 Å². The summed E-state index contributed by atoms with van der Waals surface area (Å²) in [4.78, 5) is 40.0. The summed E-state index contributed by atoms with van der Waals surface area (Å²) in [7, 11) is 1.70. The quantitative estimate of drug-likeness (QED) is 0.307. The maximum atomic E-state index is 13.6. The van der Waals surface area contributed by atoms with E-state index in [-0.39, 0.29) is 36.9 Å². The van der Waals surface area contributed by atoms with Crippen LogP contribution < -0.4 is 15.2 Å². The van der Waals surface area contributed by atoms with Gasteiger partial charge in [-0.25, -0.2) is 4.79 Å². The molecule has 192 valence electrons. The first-order chi connectivity index (χ1) is 18.4. The normalized spacial score (nSPS) is 11.0. The van der Waals surface area contributed by atoms with Gasteiger partial charge in [0, 0.05) is 24.5 Å². The Morgan fingerprint density at radius 3 is 2.45 bits per heavy atom. The van der Waals surface area contributed by atoms with E-state index in [2.05, 4.69) is 5.10 Å². The van der Waals surface area contributed by atoms with Gasteiger partial charge in [-0.3, -0.25) is 18.8 Å². The lowest BCUT2D eigenvalue weighted by atomic mass is 10.2. The first-order valence-corrected chi connectivity index (χ1v) is 12.7. The number of anilines is 1. The molecule has 38 heavy (non-hydrogen) atoms. The smallest absolute Gasteiger partial charge is 0.341 e. The molecule has 1 N–H and O–H groups in total. The number of pyridine rings is 1. The van der Waals surface area contributed by atoms with Crippen LogP contribution in [0.15, 0.2) is 89.3 Å². The largest absolute Gasteiger partial charge is 0.482 e. The number of carbonyl (C=O) groups excluding carboxylic acids is 1. The maximum Gasteiger partial charge on any atom is 0.341 e. The van der Waals surface area contributed by atoms with E-state index in [1.165, 1.54) is 20.6 Å². The molecule has 3 aromatic heterocycles. The summed E-state index contributed by atoms with van der Waals surface area (Å²) < 4.78 is 9.27. The zero-order valence-corrected chi connectivity index (χ0v) is 21.3. The molecule has 0 fully saturated rings. The Labute approximate surface area is 221 Å². The molecule has 0 aliphatic carbocycles. The Morgan fingerprint density at radius 2 is 1.74 bits per heavy atom. The molecule has 0 atom stereocenters. The number of thiophene rings is 1. The van der Waals surface area contributed by atoms with Gasteiger partial charge in [-0.15, -0.1) is 11.3 Å². The lowest BCUT2D eigenvalue weighted by Crippen LogP contribution is -2.30. The summed E-state index contributed by atoms with van der Waals surface area (Å²) in [6, 6.07) is 20.3. The van der Waals surface area contributed by atoms with Crippen molar-refractivity contribution in [3.05, 3.63) is 112 Å². The molecular weight excluding hydrogens is 504 g/mol. The lowest BCUT2D eigenvalue weighted by Gasteiger charge is -2.17. The number of benzene rings is 2. The number of fused-ring (bicyclic) bond motifs is 1. The lowest BCUT2D eigenvalue weighted by molar-refractivity contribution is -0.119. The Kier molecular flexibility index (Phi) is 7.05. The average molecular weight is 529 g/mol. The van der Waals surface area contributed by atoms with E-state index >= 15 is 0 Å². The third-order valence-electron chi connectivity index (χ3n) is 6.11. The zero-order chi connectivity index (χ0) is 26.6. The summed E-state index contributed by atoms with van der Waals surface area (Å²) in [5.74, 6) is -1.58. The van der Waals surface area contributed by atoms with Crippen molar-refractivity contribution in [1.29, 1.82) is 0 Å². The standard InChI is InChI=1S/C28H24N4O5S/c1-30(21-10-6-3-7-11-21)23(33)17-31-15-20(14-29-31)16-32-22-12-13-38-26(22)24(28(35)36)25(27(32)34)37-18-19-8-4-2-5-9-19/h2-15H,16-18H2,1H3,(H,35,36). The van der Waals surface area contributed by atoms with Crippen LogP contribution in [0.1, 0.15) is 21.5 Å². The van der Waals surface area contributed by atoms with Crippen molar-refractivity contribution in [2.45, 2.75) is 19.7 Å². The highest BCUT2D eigenvalue weighted by Crippen LogP contribution is 2.30. The first-order valence-electron chi connectivity index (χ1n) is 11.8. The monoisotopic (exact) mass is 528 g/mol. The van der Waals surface area contributed by atoms with E-state index in [1.807, 2.05) is 60.7 Å². The molecule has 10 heteroatoms. The van der Waals surface area contributed by atoms with E-state index in [9.17, 15) is 19.5 Å². The Morgan fingerprint density at radius 1 is 1.03 bits per heavy atom. The van der Waals surface area contributed by atoms with Crippen molar-refractivity contribution in [1.82, 2.24) is 14.3 Å². The van der Waals surface area contributed by atoms with Crippen molar-refractivity contribution in [2.24, 2.45) is 0 Å². The summed E-state index contributed by atoms with van der Waals surface area (Å²) >= 11 is 1.23. The van der Waals surface area contributed by atoms with Crippen LogP contribution in [0.4, 0.5) is 5.69 Å². The molecule has 5 rings (SSSR count). The van der Waals surface area contributed by atoms with Gasteiger partial charge in [0.15, 0.2) is 0 Å². The summed E-state index contributed by atoms with van der Waals surface area (Å²) in [5.41, 5.74) is 2.09. The number of nitrogens with zero attached hydrogens (tertiary/aromatic N) is 4. The molecule has 9 nitrogen and oxygen atoms in total. The third-order valence-corrected chi connectivity index (χ3v) is 7.03. The fourth-order valence-electron chi connectivity index (χ4n) is 4.16. The number of hydrogen-bond acceptors (Lipinski definition) is 6. The second kappa shape index (κ2) is 10.7. The van der Waals surface area contributed by atoms with Gasteiger partial charge >= 0.3 is 5.97 Å². The second-order valence-corrected chi connectivity index (χ2v) is 9.56. The van der Waals surface area contributed by atoms with Crippen LogP contribution in [-0.4, -0.2) is 38.4 Å². The van der Waals surface area contributed by atoms with Crippen molar-refractivity contribution < 1.29 is 19.4 Å². The highest BCUT2D eigenvalue weighted by molar-refractivity contribution is 7.17. The zero-order valence-electron chi connectivity index (χ0n) is 20.5. The van der Waals surface area contributed by atoms with Crippen molar-refractivity contribution in [3.63, 3.8) is 0 Å². The van der Waals surface area contributed by atoms with Gasteiger partial charge in [-0.1, -0.05) is 48.5 Å². The fourth-order valence-corrected chi connectivity index (χ4v) is 5.09. The molecule has 0 aliphatic rings. The molecule has 0 radical (unpaired) electrons. The van der Waals surface area contributed by atoms with Gasteiger partial charge in [-0.05, 0) is 29.1 Å². The van der Waals surface area contributed by atoms with Crippen LogP contribution in [-0.2, 0) is 24.5 Å².